The van der Waals surface area contributed by atoms with Gasteiger partial charge in [-0.15, -0.1) is 0 Å². The fourth-order valence-electron chi connectivity index (χ4n) is 12.4. The molecule has 12 nitrogen and oxygen atoms in total. The molecule has 86 heavy (non-hydrogen) atoms. The van der Waals surface area contributed by atoms with E-state index in [0.29, 0.717) is 109 Å². The van der Waals surface area contributed by atoms with Gasteiger partial charge in [0.15, 0.2) is 69.0 Å². The fourth-order valence-corrected chi connectivity index (χ4v) is 13.5. The summed E-state index contributed by atoms with van der Waals surface area (Å²) in [7, 11) is 6.80. The fraction of sp³-hybridized carbons (Fsp3) is 0.500. The van der Waals surface area contributed by atoms with Gasteiger partial charge < -0.3 is 56.8 Å². The summed E-state index contributed by atoms with van der Waals surface area (Å²) in [5.41, 5.74) is 13.4. The van der Waals surface area contributed by atoms with Crippen LogP contribution in [0, 0.1) is 0 Å². The molecule has 0 amide bonds. The number of ether oxygens (including phenoxy) is 12. The summed E-state index contributed by atoms with van der Waals surface area (Å²) in [5.74, 6) is 7.95. The lowest BCUT2D eigenvalue weighted by molar-refractivity contribution is 0.198. The second-order valence-corrected chi connectivity index (χ2v) is 25.3. The zero-order chi connectivity index (χ0) is 59.5. The molecule has 18 bridgehead atoms. The van der Waals surface area contributed by atoms with Gasteiger partial charge >= 0.3 is 0 Å². The Kier molecular flexibility index (Phi) is 24.0. The summed E-state index contributed by atoms with van der Waals surface area (Å²) in [6.45, 7) is 2.76. The summed E-state index contributed by atoms with van der Waals surface area (Å²) in [6.07, 6.45) is 23.2. The van der Waals surface area contributed by atoms with Crippen LogP contribution in [0.5, 0.6) is 69.0 Å². The highest BCUT2D eigenvalue weighted by Gasteiger charge is 2.26. The first-order valence-electron chi connectivity index (χ1n) is 31.6. The third-order valence-electron chi connectivity index (χ3n) is 17.1. The van der Waals surface area contributed by atoms with Crippen molar-refractivity contribution in [3.63, 3.8) is 0 Å². The number of halogens is 2. The van der Waals surface area contributed by atoms with Gasteiger partial charge in [-0.2, -0.15) is 0 Å². The van der Waals surface area contributed by atoms with Gasteiger partial charge in [-0.1, -0.05) is 122 Å². The van der Waals surface area contributed by atoms with Crippen LogP contribution in [0.4, 0.5) is 0 Å². The molecule has 14 aliphatic rings. The van der Waals surface area contributed by atoms with Gasteiger partial charge in [0.05, 0.1) is 41.7 Å². The van der Waals surface area contributed by atoms with E-state index in [9.17, 15) is 0 Å². The first-order valence-corrected chi connectivity index (χ1v) is 34.6. The summed E-state index contributed by atoms with van der Waals surface area (Å²) < 4.78 is 81.3. The molecule has 20 rings (SSSR count). The zero-order valence-electron chi connectivity index (χ0n) is 51.2. The minimum Gasteiger partial charge on any atom is -0.493 e. The Labute approximate surface area is 538 Å². The maximum atomic E-state index is 6.92. The number of alkyl halides is 2. The molecular formula is C72H88I2O12. The number of unbranched alkanes of at least 4 members (excludes halogenated alkanes) is 14. The lowest BCUT2D eigenvalue weighted by Crippen LogP contribution is -2.13. The van der Waals surface area contributed by atoms with E-state index in [1.165, 1.54) is 85.9 Å². The minimum absolute atomic E-state index is 0.258. The van der Waals surface area contributed by atoms with Gasteiger partial charge in [0, 0.05) is 0 Å². The van der Waals surface area contributed by atoms with Crippen molar-refractivity contribution in [1.82, 2.24) is 0 Å². The first kappa shape index (κ1) is 63.4. The number of rotatable bonds is 26. The Morgan fingerprint density at radius 3 is 0.663 bits per heavy atom. The van der Waals surface area contributed by atoms with Crippen molar-refractivity contribution in [2.75, 3.05) is 90.1 Å². The molecule has 0 aromatic heterocycles. The Balaban J connectivity index is 1.08. The number of hydrogen-bond donors (Lipinski definition) is 0. The van der Waals surface area contributed by atoms with Crippen molar-refractivity contribution in [2.45, 2.75) is 141 Å². The summed E-state index contributed by atoms with van der Waals surface area (Å²) in [4.78, 5) is 0. The molecule has 0 saturated heterocycles. The van der Waals surface area contributed by atoms with Crippen LogP contribution in [-0.4, -0.2) is 90.1 Å². The van der Waals surface area contributed by atoms with E-state index in [0.717, 1.165) is 104 Å². The molecule has 12 aliphatic heterocycles. The normalized spacial score (nSPS) is 14.2. The van der Waals surface area contributed by atoms with Gasteiger partial charge in [0.1, 0.15) is 39.6 Å². The highest BCUT2D eigenvalue weighted by molar-refractivity contribution is 14.1. The SMILES string of the molecule is COc1cc2c3cc1OCCOc1cc4c(cc1OC)Cc1cc5c(OCCCCCCCCCCI)cc1Cc1cc(c(OC)cc1C4)OCCOc1cc(c(cc1OC)C3)Cc1cc(OCCCCCCCCCCI)c(cc1C2)OCCO5. The molecule has 0 atom stereocenters. The largest absolute Gasteiger partial charge is 0.493 e. The van der Waals surface area contributed by atoms with Crippen LogP contribution >= 0.6 is 45.2 Å². The van der Waals surface area contributed by atoms with Crippen molar-refractivity contribution >= 4 is 45.2 Å². The average molecular weight is 1400 g/mol. The van der Waals surface area contributed by atoms with E-state index in [1.54, 1.807) is 28.4 Å². The maximum Gasteiger partial charge on any atom is 0.161 e. The highest BCUT2D eigenvalue weighted by atomic mass is 127. The van der Waals surface area contributed by atoms with Crippen molar-refractivity contribution in [3.05, 3.63) is 140 Å². The summed E-state index contributed by atoms with van der Waals surface area (Å²) in [5, 5.41) is 0. The summed E-state index contributed by atoms with van der Waals surface area (Å²) >= 11 is 4.97. The van der Waals surface area contributed by atoms with Crippen molar-refractivity contribution in [2.24, 2.45) is 0 Å². The molecular weight excluding hydrogens is 1310 g/mol. The van der Waals surface area contributed by atoms with Crippen molar-refractivity contribution in [3.8, 4) is 69.0 Å². The standard InChI is InChI=1S/C72H88I2O12/c1-75-61-37-49-31-53-41-65-63(77-3)39-51(53)33-57-47-71-69(79-23-19-15-11-7-5-9-13-17-21-73)45-59(57)35-55(49)43-67(61)83-27-28-84-68-44-56-36-60-46-70(80-24-20-16-12-8-6-10-14-18-22-74)72(86-30-29-85-71)48-58(60)34-52-40-64(78-4)66(82-26-25-81-65)42-54(52)32-50(56)38-62(68)76-2/h37-48H,5-36H2,1-4H3. The maximum absolute atomic E-state index is 6.92. The Morgan fingerprint density at radius 1 is 0.256 bits per heavy atom. The van der Waals surface area contributed by atoms with E-state index in [4.69, 9.17) is 56.8 Å². The molecule has 6 aromatic rings. The van der Waals surface area contributed by atoms with Crippen LogP contribution in [0.15, 0.2) is 72.8 Å². The van der Waals surface area contributed by atoms with Crippen LogP contribution < -0.4 is 56.8 Å². The zero-order valence-corrected chi connectivity index (χ0v) is 55.5. The molecule has 12 heterocycles. The summed E-state index contributed by atoms with van der Waals surface area (Å²) in [6, 6.07) is 25.9. The molecule has 0 unspecified atom stereocenters. The van der Waals surface area contributed by atoms with Gasteiger partial charge in [-0.05, 0) is 213 Å². The van der Waals surface area contributed by atoms with Crippen LogP contribution in [0.1, 0.15) is 169 Å². The predicted octanol–water partition coefficient (Wildman–Crippen LogP) is 16.8. The lowest BCUT2D eigenvalue weighted by atomic mass is 9.94. The molecule has 0 spiro atoms. The van der Waals surface area contributed by atoms with E-state index >= 15 is 0 Å². The second kappa shape index (κ2) is 32.6. The highest BCUT2D eigenvalue weighted by Crippen LogP contribution is 2.44. The molecule has 2 aliphatic carbocycles. The quantitative estimate of drug-likeness (QED) is 0.0292. The molecule has 0 N–H and O–H groups in total. The molecule has 0 fully saturated rings. The molecule has 0 radical (unpaired) electrons. The van der Waals surface area contributed by atoms with Crippen LogP contribution in [0.3, 0.4) is 0 Å². The van der Waals surface area contributed by atoms with Crippen LogP contribution in [-0.2, 0) is 38.5 Å². The van der Waals surface area contributed by atoms with Crippen LogP contribution in [0.2, 0.25) is 0 Å². The Bertz CT molecular complexity index is 2980. The van der Waals surface area contributed by atoms with Crippen molar-refractivity contribution in [1.29, 1.82) is 0 Å². The van der Waals surface area contributed by atoms with E-state index in [-0.39, 0.29) is 39.6 Å². The Hall–Kier alpha value is -5.62. The third-order valence-corrected chi connectivity index (χ3v) is 18.7. The van der Waals surface area contributed by atoms with Gasteiger partial charge in [0.2, 0.25) is 0 Å². The minimum atomic E-state index is 0.258. The molecule has 0 saturated carbocycles. The Morgan fingerprint density at radius 2 is 0.442 bits per heavy atom. The van der Waals surface area contributed by atoms with E-state index < -0.39 is 0 Å². The molecule has 14 heteroatoms. The van der Waals surface area contributed by atoms with E-state index in [2.05, 4.69) is 118 Å². The topological polar surface area (TPSA) is 111 Å². The van der Waals surface area contributed by atoms with Crippen LogP contribution in [0.25, 0.3) is 0 Å². The number of hydrogen-bond acceptors (Lipinski definition) is 12. The average Bonchev–Trinajstić information content (AvgIpc) is 2.36. The van der Waals surface area contributed by atoms with E-state index in [1.807, 2.05) is 0 Å². The first-order chi connectivity index (χ1) is 42.3. The van der Waals surface area contributed by atoms with Crippen molar-refractivity contribution < 1.29 is 56.8 Å². The smallest absolute Gasteiger partial charge is 0.161 e. The molecule has 462 valence electrons. The molecule has 6 aromatic carbocycles. The number of benzene rings is 6. The lowest BCUT2D eigenvalue weighted by Gasteiger charge is -2.21. The predicted molar refractivity (Wildman–Crippen MR) is 357 cm³/mol. The van der Waals surface area contributed by atoms with Gasteiger partial charge in [-0.25, -0.2) is 0 Å². The van der Waals surface area contributed by atoms with Gasteiger partial charge in [-0.3, -0.25) is 0 Å². The second-order valence-electron chi connectivity index (χ2n) is 23.1. The number of methoxy groups -OCH3 is 4. The van der Waals surface area contributed by atoms with Gasteiger partial charge in [0.25, 0.3) is 0 Å². The monoisotopic (exact) mass is 1400 g/mol. The third kappa shape index (κ3) is 16.8.